The highest BCUT2D eigenvalue weighted by atomic mass is 35.5. The molecule has 0 aliphatic carbocycles. The zero-order valence-corrected chi connectivity index (χ0v) is 22.7. The molecule has 8 nitrogen and oxygen atoms in total. The number of likely N-dealkylation sites (tertiary alicyclic amines) is 1. The molecule has 1 fully saturated rings. The predicted octanol–water partition coefficient (Wildman–Crippen LogP) is 5.18. The molecule has 0 radical (unpaired) electrons. The minimum atomic E-state index is -4.52. The Morgan fingerprint density at radius 2 is 1.70 bits per heavy atom. The maximum absolute atomic E-state index is 12.9. The lowest BCUT2D eigenvalue weighted by Crippen LogP contribution is -2.39. The van der Waals surface area contributed by atoms with Crippen LogP contribution in [-0.4, -0.2) is 60.9 Å². The van der Waals surface area contributed by atoms with E-state index in [9.17, 15) is 36.6 Å². The van der Waals surface area contributed by atoms with E-state index in [2.05, 4.69) is 10.0 Å². The van der Waals surface area contributed by atoms with Gasteiger partial charge in [-0.2, -0.15) is 13.2 Å². The van der Waals surface area contributed by atoms with Crippen molar-refractivity contribution in [2.45, 2.75) is 25.1 Å². The lowest BCUT2D eigenvalue weighted by atomic mass is 10.0. The van der Waals surface area contributed by atoms with E-state index in [0.717, 1.165) is 12.1 Å². The van der Waals surface area contributed by atoms with Crippen molar-refractivity contribution >= 4 is 38.9 Å². The summed E-state index contributed by atoms with van der Waals surface area (Å²) in [6.45, 7) is 1.47. The zero-order valence-electron chi connectivity index (χ0n) is 21.1. The highest BCUT2D eigenvalue weighted by Gasteiger charge is 2.31. The second-order valence-electron chi connectivity index (χ2n) is 9.45. The minimum Gasteiger partial charge on any atom is -0.506 e. The first-order valence-corrected chi connectivity index (χ1v) is 14.4. The monoisotopic (exact) mass is 597 g/mol. The van der Waals surface area contributed by atoms with Gasteiger partial charge in [-0.25, -0.2) is 8.42 Å². The Morgan fingerprint density at radius 3 is 2.33 bits per heavy atom. The van der Waals surface area contributed by atoms with Gasteiger partial charge in [0.05, 0.1) is 23.1 Å². The van der Waals surface area contributed by atoms with Crippen LogP contribution in [0.4, 0.5) is 24.5 Å². The molecule has 4 rings (SSSR count). The van der Waals surface area contributed by atoms with Crippen molar-refractivity contribution < 1.29 is 36.6 Å². The molecule has 1 aliphatic heterocycles. The van der Waals surface area contributed by atoms with Crippen LogP contribution in [0.15, 0.2) is 60.7 Å². The van der Waals surface area contributed by atoms with Crippen LogP contribution in [-0.2, 0) is 16.2 Å². The number of nitrogens with one attached hydrogen (secondary N) is 2. The number of alkyl halides is 3. The second-order valence-corrected chi connectivity index (χ2v) is 11.7. The van der Waals surface area contributed by atoms with Gasteiger partial charge in [-0.3, -0.25) is 9.52 Å². The Labute approximate surface area is 234 Å². The number of carbonyl (C=O) groups is 1. The first-order chi connectivity index (χ1) is 18.8. The van der Waals surface area contributed by atoms with Crippen molar-refractivity contribution in [3.05, 3.63) is 76.8 Å². The summed E-state index contributed by atoms with van der Waals surface area (Å²) >= 11 is 6.06. The SMILES string of the molecule is O=C(Nc1ccc(O)c(NS(=O)(=O)CCN2CCC(O)CC2)c1)c1ccc(-c2ccc(C(F)(F)F)cc2Cl)cc1. The summed E-state index contributed by atoms with van der Waals surface area (Å²) < 4.78 is 66.3. The van der Waals surface area contributed by atoms with E-state index in [-0.39, 0.29) is 46.1 Å². The van der Waals surface area contributed by atoms with Gasteiger partial charge < -0.3 is 20.4 Å². The average Bonchev–Trinajstić information content (AvgIpc) is 2.90. The van der Waals surface area contributed by atoms with Crippen LogP contribution in [0.1, 0.15) is 28.8 Å². The Balaban J connectivity index is 1.40. The van der Waals surface area contributed by atoms with E-state index in [4.69, 9.17) is 11.6 Å². The number of carbonyl (C=O) groups excluding carboxylic acids is 1. The van der Waals surface area contributed by atoms with Crippen molar-refractivity contribution in [2.24, 2.45) is 0 Å². The number of nitrogens with zero attached hydrogens (tertiary/aromatic N) is 1. The summed E-state index contributed by atoms with van der Waals surface area (Å²) in [6, 6.07) is 13.0. The lowest BCUT2D eigenvalue weighted by molar-refractivity contribution is -0.137. The fourth-order valence-electron chi connectivity index (χ4n) is 4.24. The Hall–Kier alpha value is -3.32. The van der Waals surface area contributed by atoms with Gasteiger partial charge in [0, 0.05) is 41.5 Å². The summed E-state index contributed by atoms with van der Waals surface area (Å²) in [5.74, 6) is -1.06. The third kappa shape index (κ3) is 7.66. The van der Waals surface area contributed by atoms with Gasteiger partial charge in [-0.15, -0.1) is 0 Å². The number of piperidine rings is 1. The van der Waals surface area contributed by atoms with E-state index in [1.807, 2.05) is 4.90 Å². The number of aliphatic hydroxyl groups excluding tert-OH is 1. The third-order valence-electron chi connectivity index (χ3n) is 6.51. The molecule has 0 unspecified atom stereocenters. The molecule has 0 bridgehead atoms. The van der Waals surface area contributed by atoms with Gasteiger partial charge in [0.15, 0.2) is 0 Å². The zero-order chi connectivity index (χ0) is 29.1. The summed E-state index contributed by atoms with van der Waals surface area (Å²) in [5, 5.41) is 22.3. The smallest absolute Gasteiger partial charge is 0.416 e. The quantitative estimate of drug-likeness (QED) is 0.210. The highest BCUT2D eigenvalue weighted by molar-refractivity contribution is 7.92. The number of anilines is 2. The normalized spacial score (nSPS) is 15.1. The number of sulfonamides is 1. The molecule has 0 spiro atoms. The molecule has 0 aromatic heterocycles. The fraction of sp³-hybridized carbons (Fsp3) is 0.296. The van der Waals surface area contributed by atoms with Gasteiger partial charge in [0.2, 0.25) is 10.0 Å². The number of rotatable bonds is 8. The number of halogens is 4. The maximum Gasteiger partial charge on any atom is 0.416 e. The molecule has 1 heterocycles. The highest BCUT2D eigenvalue weighted by Crippen LogP contribution is 2.36. The largest absolute Gasteiger partial charge is 0.506 e. The number of benzene rings is 3. The minimum absolute atomic E-state index is 0.0826. The number of phenolic OH excluding ortho intramolecular Hbond substituents is 1. The molecule has 3 aromatic rings. The van der Waals surface area contributed by atoms with Crippen LogP contribution in [0, 0.1) is 0 Å². The fourth-order valence-corrected chi connectivity index (χ4v) is 5.63. The first kappa shape index (κ1) is 29.7. The van der Waals surface area contributed by atoms with Gasteiger partial charge in [-0.05, 0) is 60.9 Å². The van der Waals surface area contributed by atoms with E-state index < -0.39 is 27.7 Å². The van der Waals surface area contributed by atoms with Crippen LogP contribution < -0.4 is 10.0 Å². The van der Waals surface area contributed by atoms with Crippen LogP contribution in [0.2, 0.25) is 5.02 Å². The first-order valence-electron chi connectivity index (χ1n) is 12.3. The topological polar surface area (TPSA) is 119 Å². The molecular formula is C27H27ClF3N3O5S. The predicted molar refractivity (Wildman–Crippen MR) is 147 cm³/mol. The maximum atomic E-state index is 12.9. The number of phenols is 1. The standard InChI is InChI=1S/C27H27ClF3N3O5S/c28-23-15-19(27(29,30)31)5-7-22(23)17-1-3-18(4-2-17)26(37)32-20-6-8-25(36)24(16-20)33-40(38,39)14-13-34-11-9-21(35)10-12-34/h1-8,15-16,21,33,35-36H,9-14H2,(H,32,37). The molecule has 40 heavy (non-hydrogen) atoms. The van der Waals surface area contributed by atoms with Crippen molar-refractivity contribution in [3.8, 4) is 16.9 Å². The van der Waals surface area contributed by atoms with Gasteiger partial charge in [-0.1, -0.05) is 29.8 Å². The van der Waals surface area contributed by atoms with Gasteiger partial charge in [0.25, 0.3) is 5.91 Å². The molecule has 0 saturated carbocycles. The van der Waals surface area contributed by atoms with Crippen molar-refractivity contribution in [3.63, 3.8) is 0 Å². The number of hydrogen-bond donors (Lipinski definition) is 4. The second kappa shape index (κ2) is 12.0. The molecule has 13 heteroatoms. The molecule has 1 aliphatic rings. The van der Waals surface area contributed by atoms with Crippen LogP contribution in [0.3, 0.4) is 0 Å². The number of amides is 1. The van der Waals surface area contributed by atoms with Crippen molar-refractivity contribution in [1.29, 1.82) is 0 Å². The summed E-state index contributed by atoms with van der Waals surface area (Å²) in [7, 11) is -3.81. The Bertz CT molecular complexity index is 1480. The summed E-state index contributed by atoms with van der Waals surface area (Å²) in [4.78, 5) is 14.7. The molecule has 3 aromatic carbocycles. The average molecular weight is 598 g/mol. The van der Waals surface area contributed by atoms with Crippen molar-refractivity contribution in [2.75, 3.05) is 35.4 Å². The molecule has 214 valence electrons. The summed E-state index contributed by atoms with van der Waals surface area (Å²) in [6.07, 6.45) is -3.71. The Kier molecular flexibility index (Phi) is 8.93. The lowest BCUT2D eigenvalue weighted by Gasteiger charge is -2.29. The van der Waals surface area contributed by atoms with Crippen LogP contribution >= 0.6 is 11.6 Å². The van der Waals surface area contributed by atoms with Crippen molar-refractivity contribution in [1.82, 2.24) is 4.90 Å². The Morgan fingerprint density at radius 1 is 1.02 bits per heavy atom. The van der Waals surface area contributed by atoms with Gasteiger partial charge >= 0.3 is 6.18 Å². The van der Waals surface area contributed by atoms with E-state index in [1.54, 1.807) is 12.1 Å². The number of hydrogen-bond acceptors (Lipinski definition) is 6. The number of aromatic hydroxyl groups is 1. The molecular weight excluding hydrogens is 571 g/mol. The van der Waals surface area contributed by atoms with E-state index in [1.165, 1.54) is 36.4 Å². The molecule has 1 amide bonds. The number of aliphatic hydroxyl groups is 1. The van der Waals surface area contributed by atoms with Gasteiger partial charge in [0.1, 0.15) is 5.75 Å². The summed E-state index contributed by atoms with van der Waals surface area (Å²) in [5.41, 5.74) is 0.371. The third-order valence-corrected chi connectivity index (χ3v) is 8.07. The molecule has 4 N–H and O–H groups in total. The van der Waals surface area contributed by atoms with Crippen LogP contribution in [0.25, 0.3) is 11.1 Å². The molecule has 0 atom stereocenters. The van der Waals surface area contributed by atoms with E-state index >= 15 is 0 Å². The van der Waals surface area contributed by atoms with Crippen LogP contribution in [0.5, 0.6) is 5.75 Å². The molecule has 1 saturated heterocycles. The van der Waals surface area contributed by atoms with E-state index in [0.29, 0.717) is 37.1 Å².